The smallest absolute Gasteiger partial charge is 0.0897 e. The summed E-state index contributed by atoms with van der Waals surface area (Å²) in [4.78, 5) is 0. The van der Waals surface area contributed by atoms with Gasteiger partial charge >= 0.3 is 0 Å². The minimum Gasteiger partial charge on any atom is -0.251 e. The average Bonchev–Trinajstić information content (AvgIpc) is 2.01. The molecule has 0 saturated carbocycles. The van der Waals surface area contributed by atoms with Gasteiger partial charge < -0.3 is 0 Å². The normalized spacial score (nSPS) is 13.4. The van der Waals surface area contributed by atoms with Crippen LogP contribution in [0, 0.1) is 5.92 Å². The summed E-state index contributed by atoms with van der Waals surface area (Å²) < 4.78 is 12.0. The van der Waals surface area contributed by atoms with E-state index in [0.29, 0.717) is 5.92 Å². The van der Waals surface area contributed by atoms with Crippen LogP contribution in [0.4, 0.5) is 4.39 Å². The van der Waals surface area contributed by atoms with Crippen LogP contribution in [0.15, 0.2) is 0 Å². The van der Waals surface area contributed by atoms with E-state index in [1.54, 1.807) is 0 Å². The first-order chi connectivity index (χ1) is 5.35. The number of halogens is 1. The molecular weight excluding hydrogens is 159 g/mol. The molecule has 0 radical (unpaired) electrons. The molecule has 0 nitrogen and oxygen atoms in total. The quantitative estimate of drug-likeness (QED) is 0.567. The molecule has 0 spiro atoms. The molecule has 0 heterocycles. The van der Waals surface area contributed by atoms with Gasteiger partial charge in [-0.25, -0.2) is 0 Å². The Kier molecular flexibility index (Phi) is 8.59. The summed E-state index contributed by atoms with van der Waals surface area (Å²) in [5.74, 6) is 1.55. The summed E-state index contributed by atoms with van der Waals surface area (Å²) >= 11 is 4.14. The first kappa shape index (κ1) is 11.3. The highest BCUT2D eigenvalue weighted by atomic mass is 32.1. The van der Waals surface area contributed by atoms with Gasteiger partial charge in [0.15, 0.2) is 0 Å². The summed E-state index contributed by atoms with van der Waals surface area (Å²) in [6, 6.07) is 0. The zero-order valence-corrected chi connectivity index (χ0v) is 8.25. The largest absolute Gasteiger partial charge is 0.251 e. The second-order valence-corrected chi connectivity index (χ2v) is 3.45. The Morgan fingerprint density at radius 2 is 2.00 bits per heavy atom. The van der Waals surface area contributed by atoms with Gasteiger partial charge in [-0.15, -0.1) is 0 Å². The zero-order chi connectivity index (χ0) is 8.53. The predicted molar refractivity (Wildman–Crippen MR) is 52.1 cm³/mol. The van der Waals surface area contributed by atoms with Crippen molar-refractivity contribution < 1.29 is 4.39 Å². The molecule has 2 heteroatoms. The van der Waals surface area contributed by atoms with Crippen LogP contribution in [0.3, 0.4) is 0 Å². The lowest BCUT2D eigenvalue weighted by Gasteiger charge is -2.12. The fraction of sp³-hybridized carbons (Fsp3) is 1.00. The van der Waals surface area contributed by atoms with Crippen molar-refractivity contribution in [3.8, 4) is 0 Å². The van der Waals surface area contributed by atoms with Gasteiger partial charge in [-0.05, 0) is 30.9 Å². The molecule has 0 aliphatic heterocycles. The van der Waals surface area contributed by atoms with E-state index in [1.807, 2.05) is 0 Å². The lowest BCUT2D eigenvalue weighted by atomic mass is 9.95. The van der Waals surface area contributed by atoms with E-state index in [1.165, 1.54) is 12.8 Å². The molecule has 0 N–H and O–H groups in total. The van der Waals surface area contributed by atoms with Crippen molar-refractivity contribution in [1.29, 1.82) is 0 Å². The summed E-state index contributed by atoms with van der Waals surface area (Å²) in [7, 11) is 0. The fourth-order valence-corrected chi connectivity index (χ4v) is 1.56. The molecule has 0 fully saturated rings. The highest BCUT2D eigenvalue weighted by Crippen LogP contribution is 2.17. The maximum atomic E-state index is 12.0. The van der Waals surface area contributed by atoms with Crippen molar-refractivity contribution >= 4 is 12.6 Å². The van der Waals surface area contributed by atoms with Gasteiger partial charge in [0.05, 0.1) is 6.67 Å². The van der Waals surface area contributed by atoms with E-state index in [2.05, 4.69) is 19.6 Å². The molecule has 0 aromatic rings. The second-order valence-electron chi connectivity index (χ2n) is 3.00. The maximum Gasteiger partial charge on any atom is 0.0897 e. The van der Waals surface area contributed by atoms with E-state index < -0.39 is 0 Å². The maximum absolute atomic E-state index is 12.0. The molecule has 68 valence electrons. The third-order valence-corrected chi connectivity index (χ3v) is 2.30. The molecule has 0 amide bonds. The number of rotatable bonds is 7. The monoisotopic (exact) mass is 178 g/mol. The van der Waals surface area contributed by atoms with Gasteiger partial charge in [-0.2, -0.15) is 12.6 Å². The van der Waals surface area contributed by atoms with E-state index in [4.69, 9.17) is 0 Å². The van der Waals surface area contributed by atoms with Crippen molar-refractivity contribution in [2.45, 2.75) is 39.0 Å². The van der Waals surface area contributed by atoms with E-state index in [9.17, 15) is 4.39 Å². The standard InChI is InChI=1S/C9H19FS/c1-2-4-9(6-7-10)5-3-8-11/h9,11H,2-8H2,1H3. The van der Waals surface area contributed by atoms with E-state index >= 15 is 0 Å². The van der Waals surface area contributed by atoms with Gasteiger partial charge in [0, 0.05) is 0 Å². The van der Waals surface area contributed by atoms with Crippen LogP contribution in [0.25, 0.3) is 0 Å². The Hall–Kier alpha value is 0.280. The van der Waals surface area contributed by atoms with Crippen LogP contribution >= 0.6 is 12.6 Å². The van der Waals surface area contributed by atoms with Gasteiger partial charge in [-0.3, -0.25) is 4.39 Å². The van der Waals surface area contributed by atoms with Gasteiger partial charge in [-0.1, -0.05) is 19.8 Å². The summed E-state index contributed by atoms with van der Waals surface area (Å²) in [5.41, 5.74) is 0. The van der Waals surface area contributed by atoms with Crippen molar-refractivity contribution in [3.05, 3.63) is 0 Å². The van der Waals surface area contributed by atoms with Crippen LogP contribution in [-0.2, 0) is 0 Å². The third-order valence-electron chi connectivity index (χ3n) is 1.98. The van der Waals surface area contributed by atoms with Gasteiger partial charge in [0.1, 0.15) is 0 Å². The number of thiol groups is 1. The Bertz CT molecular complexity index is 70.0. The van der Waals surface area contributed by atoms with Crippen molar-refractivity contribution in [2.24, 2.45) is 5.92 Å². The minimum atomic E-state index is -0.156. The molecule has 1 atom stereocenters. The zero-order valence-electron chi connectivity index (χ0n) is 7.35. The number of hydrogen-bond acceptors (Lipinski definition) is 1. The van der Waals surface area contributed by atoms with Gasteiger partial charge in [0.25, 0.3) is 0 Å². The topological polar surface area (TPSA) is 0 Å². The first-order valence-electron chi connectivity index (χ1n) is 4.52. The Balaban J connectivity index is 3.34. The number of alkyl halides is 1. The second kappa shape index (κ2) is 8.38. The lowest BCUT2D eigenvalue weighted by molar-refractivity contribution is 0.349. The molecule has 0 aliphatic rings. The minimum absolute atomic E-state index is 0.156. The van der Waals surface area contributed by atoms with Crippen molar-refractivity contribution in [2.75, 3.05) is 12.4 Å². The van der Waals surface area contributed by atoms with Gasteiger partial charge in [0.2, 0.25) is 0 Å². The molecular formula is C9H19FS. The Morgan fingerprint density at radius 3 is 2.45 bits per heavy atom. The van der Waals surface area contributed by atoms with Crippen LogP contribution in [0.2, 0.25) is 0 Å². The van der Waals surface area contributed by atoms with Crippen LogP contribution < -0.4 is 0 Å². The molecule has 0 aromatic carbocycles. The third kappa shape index (κ3) is 6.67. The molecule has 0 saturated heterocycles. The molecule has 0 bridgehead atoms. The molecule has 11 heavy (non-hydrogen) atoms. The van der Waals surface area contributed by atoms with E-state index in [-0.39, 0.29) is 6.67 Å². The Labute approximate surface area is 75.0 Å². The molecule has 0 aromatic heterocycles. The van der Waals surface area contributed by atoms with Crippen molar-refractivity contribution in [1.82, 2.24) is 0 Å². The van der Waals surface area contributed by atoms with Crippen LogP contribution in [0.5, 0.6) is 0 Å². The molecule has 1 unspecified atom stereocenters. The van der Waals surface area contributed by atoms with Crippen LogP contribution in [0.1, 0.15) is 39.0 Å². The van der Waals surface area contributed by atoms with E-state index in [0.717, 1.165) is 25.0 Å². The molecule has 0 rings (SSSR count). The van der Waals surface area contributed by atoms with Crippen molar-refractivity contribution in [3.63, 3.8) is 0 Å². The highest BCUT2D eigenvalue weighted by molar-refractivity contribution is 7.80. The van der Waals surface area contributed by atoms with Crippen LogP contribution in [-0.4, -0.2) is 12.4 Å². The fourth-order valence-electron chi connectivity index (χ4n) is 1.38. The SMILES string of the molecule is CCCC(CCF)CCCS. The Morgan fingerprint density at radius 1 is 1.27 bits per heavy atom. The molecule has 0 aliphatic carbocycles. The average molecular weight is 178 g/mol. The number of hydrogen-bond donors (Lipinski definition) is 1. The first-order valence-corrected chi connectivity index (χ1v) is 5.15. The highest BCUT2D eigenvalue weighted by Gasteiger charge is 2.05. The summed E-state index contributed by atoms with van der Waals surface area (Å²) in [6.07, 6.45) is 5.39. The lowest BCUT2D eigenvalue weighted by Crippen LogP contribution is -2.01. The summed E-state index contributed by atoms with van der Waals surface area (Å²) in [6.45, 7) is 2.00. The summed E-state index contributed by atoms with van der Waals surface area (Å²) in [5, 5.41) is 0. The predicted octanol–water partition coefficient (Wildman–Crippen LogP) is 3.47.